The zero-order valence-electron chi connectivity index (χ0n) is 17.8. The van der Waals surface area contributed by atoms with Crippen LogP contribution in [0.5, 0.6) is 0 Å². The minimum Gasteiger partial charge on any atom is -0.350 e. The number of hydrogen-bond donors (Lipinski definition) is 3. The molecule has 1 aromatic heterocycles. The van der Waals surface area contributed by atoms with Crippen molar-refractivity contribution in [2.75, 3.05) is 5.32 Å². The molecule has 3 N–H and O–H groups in total. The highest BCUT2D eigenvalue weighted by atomic mass is 79.9. The van der Waals surface area contributed by atoms with E-state index < -0.39 is 11.9 Å². The van der Waals surface area contributed by atoms with Gasteiger partial charge in [0.05, 0.1) is 0 Å². The van der Waals surface area contributed by atoms with Crippen LogP contribution in [0.3, 0.4) is 0 Å². The lowest BCUT2D eigenvalue weighted by molar-refractivity contribution is -0.136. The molecule has 8 nitrogen and oxygen atoms in total. The van der Waals surface area contributed by atoms with Gasteiger partial charge in [0.1, 0.15) is 11.7 Å². The Morgan fingerprint density at radius 2 is 2.00 bits per heavy atom. The van der Waals surface area contributed by atoms with E-state index in [0.717, 1.165) is 26.5 Å². The van der Waals surface area contributed by atoms with E-state index in [2.05, 4.69) is 31.5 Å². The van der Waals surface area contributed by atoms with Gasteiger partial charge in [-0.15, -0.1) is 0 Å². The van der Waals surface area contributed by atoms with Crippen LogP contribution in [0, 0.1) is 0 Å². The fraction of sp³-hybridized carbons (Fsp3) is 0.250. The van der Waals surface area contributed by atoms with Gasteiger partial charge in [0.15, 0.2) is 0 Å². The van der Waals surface area contributed by atoms with E-state index in [0.29, 0.717) is 29.8 Å². The molecular weight excluding hydrogens is 488 g/mol. The highest BCUT2D eigenvalue weighted by Gasteiger charge is 2.39. The molecule has 2 aliphatic rings. The summed E-state index contributed by atoms with van der Waals surface area (Å²) in [6, 6.07) is 10.3. The zero-order chi connectivity index (χ0) is 23.3. The first-order chi connectivity index (χ1) is 15.9. The summed E-state index contributed by atoms with van der Waals surface area (Å²) < 4.78 is 0.944. The summed E-state index contributed by atoms with van der Waals surface area (Å²) in [4.78, 5) is 54.3. The number of piperidine rings is 1. The highest BCUT2D eigenvalue weighted by Crippen LogP contribution is 2.31. The van der Waals surface area contributed by atoms with Crippen molar-refractivity contribution in [3.8, 4) is 0 Å². The number of amides is 4. The van der Waals surface area contributed by atoms with Gasteiger partial charge in [0.2, 0.25) is 11.8 Å². The average Bonchev–Trinajstić information content (AvgIpc) is 3.30. The van der Waals surface area contributed by atoms with Crippen molar-refractivity contribution in [2.45, 2.75) is 38.8 Å². The van der Waals surface area contributed by atoms with E-state index >= 15 is 0 Å². The summed E-state index contributed by atoms with van der Waals surface area (Å²) in [5, 5.41) is 6.22. The van der Waals surface area contributed by atoms with E-state index in [1.165, 1.54) is 4.90 Å². The Morgan fingerprint density at radius 1 is 1.18 bits per heavy atom. The predicted molar refractivity (Wildman–Crippen MR) is 126 cm³/mol. The summed E-state index contributed by atoms with van der Waals surface area (Å²) >= 11 is 3.48. The first kappa shape index (κ1) is 21.4. The third kappa shape index (κ3) is 3.72. The van der Waals surface area contributed by atoms with Crippen LogP contribution in [0.15, 0.2) is 40.9 Å². The molecule has 5 rings (SSSR count). The molecule has 1 saturated heterocycles. The number of anilines is 1. The second-order valence-electron chi connectivity index (χ2n) is 8.25. The van der Waals surface area contributed by atoms with Crippen LogP contribution in [-0.4, -0.2) is 39.6 Å². The Labute approximate surface area is 197 Å². The van der Waals surface area contributed by atoms with Crippen molar-refractivity contribution in [3.63, 3.8) is 0 Å². The molecule has 1 unspecified atom stereocenters. The third-order valence-corrected chi connectivity index (χ3v) is 6.72. The Bertz CT molecular complexity index is 1350. The maximum absolute atomic E-state index is 13.1. The first-order valence-corrected chi connectivity index (χ1v) is 11.5. The fourth-order valence-corrected chi connectivity index (χ4v) is 4.99. The Hall–Kier alpha value is -3.46. The van der Waals surface area contributed by atoms with Crippen molar-refractivity contribution in [3.05, 3.63) is 63.3 Å². The van der Waals surface area contributed by atoms with Gasteiger partial charge < -0.3 is 15.2 Å². The normalized spacial score (nSPS) is 17.9. The lowest BCUT2D eigenvalue weighted by Crippen LogP contribution is -2.52. The molecule has 4 amide bonds. The third-order valence-electron chi connectivity index (χ3n) is 6.23. The molecule has 0 saturated carbocycles. The molecule has 1 fully saturated rings. The highest BCUT2D eigenvalue weighted by molar-refractivity contribution is 9.10. The topological polar surface area (TPSA) is 111 Å². The number of carbonyl (C=O) groups excluding carboxylic acids is 4. The van der Waals surface area contributed by atoms with Gasteiger partial charge >= 0.3 is 0 Å². The lowest BCUT2D eigenvalue weighted by atomic mass is 10.0. The van der Waals surface area contributed by atoms with Gasteiger partial charge in [-0.05, 0) is 60.4 Å². The second-order valence-corrected chi connectivity index (χ2v) is 9.16. The number of rotatable bonds is 4. The first-order valence-electron chi connectivity index (χ1n) is 10.7. The van der Waals surface area contributed by atoms with Crippen molar-refractivity contribution in [1.29, 1.82) is 0 Å². The van der Waals surface area contributed by atoms with Crippen molar-refractivity contribution in [1.82, 2.24) is 15.2 Å². The Balaban J connectivity index is 1.38. The molecule has 2 aromatic carbocycles. The molecule has 0 aliphatic carbocycles. The van der Waals surface area contributed by atoms with Gasteiger partial charge in [-0.3, -0.25) is 24.5 Å². The molecule has 9 heteroatoms. The van der Waals surface area contributed by atoms with Crippen LogP contribution in [0.2, 0.25) is 0 Å². The number of aryl methyl sites for hydroxylation is 1. The van der Waals surface area contributed by atoms with E-state index in [-0.39, 0.29) is 30.7 Å². The van der Waals surface area contributed by atoms with E-state index in [1.54, 1.807) is 18.2 Å². The number of benzene rings is 2. The molecule has 168 valence electrons. The maximum atomic E-state index is 13.1. The SMILES string of the molecule is CCc1c(C(=O)Nc2ccc3c(c2)CN(C2CCC(=O)NC2=O)C3=O)[nH]c2ccc(Br)cc12. The van der Waals surface area contributed by atoms with Crippen molar-refractivity contribution >= 4 is 56.1 Å². The number of halogens is 1. The minimum absolute atomic E-state index is 0.207. The molecule has 3 heterocycles. The number of H-pyrrole nitrogens is 1. The molecule has 0 radical (unpaired) electrons. The number of nitrogens with zero attached hydrogens (tertiary/aromatic N) is 1. The molecular formula is C24H21BrN4O4. The fourth-order valence-electron chi connectivity index (χ4n) is 4.63. The average molecular weight is 509 g/mol. The number of carbonyl (C=O) groups is 4. The quantitative estimate of drug-likeness (QED) is 0.468. The number of fused-ring (bicyclic) bond motifs is 2. The molecule has 33 heavy (non-hydrogen) atoms. The van der Waals surface area contributed by atoms with Gasteiger partial charge in [-0.1, -0.05) is 22.9 Å². The van der Waals surface area contributed by atoms with Crippen molar-refractivity contribution in [2.24, 2.45) is 0 Å². The van der Waals surface area contributed by atoms with Crippen LogP contribution in [0.4, 0.5) is 5.69 Å². The van der Waals surface area contributed by atoms with Gasteiger partial charge in [-0.2, -0.15) is 0 Å². The maximum Gasteiger partial charge on any atom is 0.272 e. The molecule has 0 spiro atoms. The molecule has 0 bridgehead atoms. The van der Waals surface area contributed by atoms with E-state index in [4.69, 9.17) is 0 Å². The van der Waals surface area contributed by atoms with Gasteiger partial charge in [-0.25, -0.2) is 0 Å². The molecule has 1 atom stereocenters. The number of hydrogen-bond acceptors (Lipinski definition) is 4. The van der Waals surface area contributed by atoms with Gasteiger partial charge in [0.25, 0.3) is 11.8 Å². The predicted octanol–water partition coefficient (Wildman–Crippen LogP) is 3.51. The van der Waals surface area contributed by atoms with Crippen molar-refractivity contribution < 1.29 is 19.2 Å². The van der Waals surface area contributed by atoms with Crippen LogP contribution in [0.1, 0.15) is 51.7 Å². The van der Waals surface area contributed by atoms with Crippen LogP contribution in [0.25, 0.3) is 10.9 Å². The number of aromatic nitrogens is 1. The molecule has 2 aliphatic heterocycles. The summed E-state index contributed by atoms with van der Waals surface area (Å²) in [5.74, 6) is -1.27. The zero-order valence-corrected chi connectivity index (χ0v) is 19.4. The monoisotopic (exact) mass is 508 g/mol. The van der Waals surface area contributed by atoms with Gasteiger partial charge in [0, 0.05) is 39.6 Å². The smallest absolute Gasteiger partial charge is 0.272 e. The number of imide groups is 1. The van der Waals surface area contributed by atoms with Crippen LogP contribution < -0.4 is 10.6 Å². The van der Waals surface area contributed by atoms with Crippen LogP contribution in [-0.2, 0) is 22.6 Å². The lowest BCUT2D eigenvalue weighted by Gasteiger charge is -2.29. The minimum atomic E-state index is -0.668. The number of nitrogens with one attached hydrogen (secondary N) is 3. The molecule has 3 aromatic rings. The second kappa shape index (κ2) is 8.15. The summed E-state index contributed by atoms with van der Waals surface area (Å²) in [6.07, 6.45) is 1.21. The standard InChI is InChI=1S/C24H21BrN4O4/c1-2-15-17-10-13(25)3-6-18(17)27-21(15)23(32)26-14-4-5-16-12(9-14)11-29(24(16)33)19-7-8-20(30)28-22(19)31/h3-6,9-10,19,27H,2,7-8,11H2,1H3,(H,26,32)(H,28,30,31). The Kier molecular flexibility index (Phi) is 5.28. The number of aromatic amines is 1. The summed E-state index contributed by atoms with van der Waals surface area (Å²) in [7, 11) is 0. The summed E-state index contributed by atoms with van der Waals surface area (Å²) in [5.41, 5.74) is 4.14. The van der Waals surface area contributed by atoms with Crippen LogP contribution >= 0.6 is 15.9 Å². The van der Waals surface area contributed by atoms with E-state index in [9.17, 15) is 19.2 Å². The summed E-state index contributed by atoms with van der Waals surface area (Å²) in [6.45, 7) is 2.26. The Morgan fingerprint density at radius 3 is 2.76 bits per heavy atom. The largest absolute Gasteiger partial charge is 0.350 e. The van der Waals surface area contributed by atoms with E-state index in [1.807, 2.05) is 25.1 Å².